The van der Waals surface area contributed by atoms with Gasteiger partial charge in [-0.2, -0.15) is 5.26 Å². The molecule has 3 heterocycles. The molecule has 2 aliphatic rings. The fourth-order valence-electron chi connectivity index (χ4n) is 4.04. The van der Waals surface area contributed by atoms with Gasteiger partial charge in [0, 0.05) is 44.0 Å². The minimum atomic E-state index is -0.00357. The minimum absolute atomic E-state index is 0.00357. The van der Waals surface area contributed by atoms with Crippen LogP contribution >= 0.6 is 0 Å². The number of nitrogens with zero attached hydrogens (tertiary/aromatic N) is 4. The van der Waals surface area contributed by atoms with Crippen LogP contribution in [0.5, 0.6) is 11.5 Å². The standard InChI is InChI=1S/C23H21N5O2/c24-10-18-5-4-16-8-22(18)30-21-3-1-2-17(9-21)23(29)27-7-6-19(14-27)26-12-20-11-25-15-28(20)13-16/h1-5,8-9,11,15,19,26H,6-7,12-14H2. The number of fused-ring (bicyclic) bond motifs is 7. The zero-order valence-electron chi connectivity index (χ0n) is 16.4. The quantitative estimate of drug-likeness (QED) is 0.628. The van der Waals surface area contributed by atoms with Crippen molar-refractivity contribution in [3.8, 4) is 17.6 Å². The largest absolute Gasteiger partial charge is 0.456 e. The molecule has 1 N–H and O–H groups in total. The lowest BCUT2D eigenvalue weighted by atomic mass is 10.1. The predicted octanol–water partition coefficient (Wildman–Crippen LogP) is 2.91. The summed E-state index contributed by atoms with van der Waals surface area (Å²) in [6.07, 6.45) is 4.59. The van der Waals surface area contributed by atoms with Gasteiger partial charge in [-0.15, -0.1) is 0 Å². The summed E-state index contributed by atoms with van der Waals surface area (Å²) in [5.74, 6) is 1.02. The van der Waals surface area contributed by atoms with Gasteiger partial charge in [-0.3, -0.25) is 4.79 Å². The van der Waals surface area contributed by atoms with Gasteiger partial charge in [-0.1, -0.05) is 12.1 Å². The lowest BCUT2D eigenvalue weighted by Crippen LogP contribution is -2.35. The average molecular weight is 399 g/mol. The number of carbonyl (C=O) groups excluding carboxylic acids is 1. The van der Waals surface area contributed by atoms with Crippen molar-refractivity contribution in [2.45, 2.75) is 25.6 Å². The van der Waals surface area contributed by atoms with E-state index in [4.69, 9.17) is 4.74 Å². The number of nitriles is 1. The second kappa shape index (κ2) is 7.65. The van der Waals surface area contributed by atoms with Gasteiger partial charge in [-0.25, -0.2) is 4.98 Å². The summed E-state index contributed by atoms with van der Waals surface area (Å²) in [6, 6.07) is 15.2. The normalized spacial score (nSPS) is 18.4. The number of hydrogen-bond acceptors (Lipinski definition) is 5. The van der Waals surface area contributed by atoms with Crippen LogP contribution in [0, 0.1) is 11.3 Å². The van der Waals surface area contributed by atoms with Crippen molar-refractivity contribution in [3.05, 3.63) is 77.4 Å². The first kappa shape index (κ1) is 18.4. The predicted molar refractivity (Wildman–Crippen MR) is 110 cm³/mol. The Morgan fingerprint density at radius 2 is 2.17 bits per heavy atom. The molecule has 0 aliphatic carbocycles. The van der Waals surface area contributed by atoms with E-state index in [9.17, 15) is 10.1 Å². The van der Waals surface area contributed by atoms with Crippen molar-refractivity contribution in [2.24, 2.45) is 0 Å². The highest BCUT2D eigenvalue weighted by Crippen LogP contribution is 2.28. The number of aromatic nitrogens is 2. The molecule has 1 aromatic heterocycles. The molecule has 0 spiro atoms. The van der Waals surface area contributed by atoms with Gasteiger partial charge in [0.15, 0.2) is 0 Å². The van der Waals surface area contributed by atoms with Crippen LogP contribution in [-0.4, -0.2) is 39.5 Å². The van der Waals surface area contributed by atoms with Crippen LogP contribution in [0.2, 0.25) is 0 Å². The summed E-state index contributed by atoms with van der Waals surface area (Å²) in [5, 5.41) is 13.1. The number of nitrogens with one attached hydrogen (secondary N) is 1. The molecule has 2 aliphatic heterocycles. The van der Waals surface area contributed by atoms with Crippen LogP contribution in [0.4, 0.5) is 0 Å². The van der Waals surface area contributed by atoms with Crippen molar-refractivity contribution < 1.29 is 9.53 Å². The summed E-state index contributed by atoms with van der Waals surface area (Å²) in [7, 11) is 0. The van der Waals surface area contributed by atoms with Crippen molar-refractivity contribution in [3.63, 3.8) is 0 Å². The van der Waals surface area contributed by atoms with E-state index in [1.54, 1.807) is 24.3 Å². The van der Waals surface area contributed by atoms with E-state index >= 15 is 0 Å². The molecule has 150 valence electrons. The first-order chi connectivity index (χ1) is 14.7. The van der Waals surface area contributed by atoms with E-state index in [0.717, 1.165) is 24.2 Å². The molecular weight excluding hydrogens is 378 g/mol. The van der Waals surface area contributed by atoms with Crippen LogP contribution in [0.3, 0.4) is 0 Å². The SMILES string of the molecule is N#Cc1ccc2cc1Oc1cccc(c1)C(=O)N1CCC(C1)NCc1cncn1C2. The average Bonchev–Trinajstić information content (AvgIpc) is 3.41. The molecule has 7 heteroatoms. The van der Waals surface area contributed by atoms with Crippen molar-refractivity contribution in [1.29, 1.82) is 5.26 Å². The second-order valence-corrected chi connectivity index (χ2v) is 7.70. The Morgan fingerprint density at radius 1 is 1.23 bits per heavy atom. The van der Waals surface area contributed by atoms with E-state index in [0.29, 0.717) is 42.3 Å². The summed E-state index contributed by atoms with van der Waals surface area (Å²) >= 11 is 0. The molecule has 0 radical (unpaired) electrons. The maximum absolute atomic E-state index is 13.0. The van der Waals surface area contributed by atoms with E-state index in [1.807, 2.05) is 35.6 Å². The number of benzene rings is 2. The van der Waals surface area contributed by atoms with Crippen LogP contribution in [0.1, 0.15) is 33.6 Å². The number of rotatable bonds is 0. The molecular formula is C23H21N5O2. The minimum Gasteiger partial charge on any atom is -0.456 e. The van der Waals surface area contributed by atoms with E-state index in [1.165, 1.54) is 0 Å². The molecule has 30 heavy (non-hydrogen) atoms. The zero-order valence-corrected chi connectivity index (χ0v) is 16.4. The Bertz CT molecular complexity index is 1150. The summed E-state index contributed by atoms with van der Waals surface area (Å²) in [4.78, 5) is 19.2. The van der Waals surface area contributed by atoms with Gasteiger partial charge in [0.1, 0.15) is 17.6 Å². The van der Waals surface area contributed by atoms with Crippen molar-refractivity contribution >= 4 is 5.91 Å². The van der Waals surface area contributed by atoms with Gasteiger partial charge in [0.25, 0.3) is 5.91 Å². The molecule has 5 rings (SSSR count). The van der Waals surface area contributed by atoms with E-state index in [2.05, 4.69) is 20.9 Å². The summed E-state index contributed by atoms with van der Waals surface area (Å²) < 4.78 is 8.13. The highest BCUT2D eigenvalue weighted by Gasteiger charge is 2.27. The van der Waals surface area contributed by atoms with Crippen LogP contribution in [0.25, 0.3) is 0 Å². The fourth-order valence-corrected chi connectivity index (χ4v) is 4.04. The zero-order chi connectivity index (χ0) is 20.5. The molecule has 1 amide bonds. The number of carbonyl (C=O) groups is 1. The fraction of sp³-hybridized carbons (Fsp3) is 0.261. The van der Waals surface area contributed by atoms with Gasteiger partial charge in [-0.05, 0) is 42.3 Å². The Hall–Kier alpha value is -3.63. The first-order valence-corrected chi connectivity index (χ1v) is 10.0. The number of hydrogen-bond donors (Lipinski definition) is 1. The number of imidazole rings is 1. The third-order valence-corrected chi connectivity index (χ3v) is 5.67. The van der Waals surface area contributed by atoms with E-state index in [-0.39, 0.29) is 11.9 Å². The molecule has 6 bridgehead atoms. The van der Waals surface area contributed by atoms with Crippen LogP contribution in [-0.2, 0) is 13.1 Å². The summed E-state index contributed by atoms with van der Waals surface area (Å²) in [5.41, 5.74) is 3.12. The van der Waals surface area contributed by atoms with Crippen LogP contribution in [0.15, 0.2) is 55.0 Å². The molecule has 1 fully saturated rings. The molecule has 0 saturated carbocycles. The maximum Gasteiger partial charge on any atom is 0.254 e. The third-order valence-electron chi connectivity index (χ3n) is 5.67. The molecule has 1 unspecified atom stereocenters. The first-order valence-electron chi connectivity index (χ1n) is 10.0. The Kier molecular flexibility index (Phi) is 4.69. The van der Waals surface area contributed by atoms with Gasteiger partial charge >= 0.3 is 0 Å². The Balaban J connectivity index is 1.57. The van der Waals surface area contributed by atoms with Crippen molar-refractivity contribution in [1.82, 2.24) is 19.8 Å². The monoisotopic (exact) mass is 399 g/mol. The van der Waals surface area contributed by atoms with Gasteiger partial charge < -0.3 is 19.5 Å². The number of ether oxygens (including phenoxy) is 1. The topological polar surface area (TPSA) is 83.2 Å². The Labute approximate surface area is 174 Å². The smallest absolute Gasteiger partial charge is 0.254 e. The molecule has 3 aromatic rings. The number of amides is 1. The summed E-state index contributed by atoms with van der Waals surface area (Å²) in [6.45, 7) is 2.71. The lowest BCUT2D eigenvalue weighted by Gasteiger charge is -2.19. The third kappa shape index (κ3) is 3.53. The molecule has 7 nitrogen and oxygen atoms in total. The van der Waals surface area contributed by atoms with Gasteiger partial charge in [0.2, 0.25) is 0 Å². The van der Waals surface area contributed by atoms with Crippen LogP contribution < -0.4 is 10.1 Å². The second-order valence-electron chi connectivity index (χ2n) is 7.70. The van der Waals surface area contributed by atoms with E-state index < -0.39 is 0 Å². The highest BCUT2D eigenvalue weighted by molar-refractivity contribution is 5.94. The van der Waals surface area contributed by atoms with Crippen molar-refractivity contribution in [2.75, 3.05) is 13.1 Å². The molecule has 1 atom stereocenters. The highest BCUT2D eigenvalue weighted by atomic mass is 16.5. The molecule has 1 saturated heterocycles. The molecule has 2 aromatic carbocycles. The Morgan fingerprint density at radius 3 is 3.07 bits per heavy atom. The van der Waals surface area contributed by atoms with Gasteiger partial charge in [0.05, 0.1) is 17.6 Å². The lowest BCUT2D eigenvalue weighted by molar-refractivity contribution is 0.0789. The maximum atomic E-state index is 13.0.